The van der Waals surface area contributed by atoms with Crippen molar-refractivity contribution in [2.24, 2.45) is 0 Å². The van der Waals surface area contributed by atoms with Gasteiger partial charge in [-0.05, 0) is 23.9 Å². The van der Waals surface area contributed by atoms with E-state index in [1.54, 1.807) is 18.9 Å². The summed E-state index contributed by atoms with van der Waals surface area (Å²) in [7, 11) is 0.480. The van der Waals surface area contributed by atoms with E-state index in [0.29, 0.717) is 18.5 Å². The summed E-state index contributed by atoms with van der Waals surface area (Å²) in [6, 6.07) is 7.58. The summed E-state index contributed by atoms with van der Waals surface area (Å²) < 4.78 is 6.92. The van der Waals surface area contributed by atoms with E-state index in [9.17, 15) is 4.79 Å². The van der Waals surface area contributed by atoms with Crippen LogP contribution in [0.5, 0.6) is 0 Å². The number of fused-ring (bicyclic) bond motifs is 1. The Labute approximate surface area is 136 Å². The molecule has 1 aromatic carbocycles. The van der Waals surface area contributed by atoms with E-state index in [-0.39, 0.29) is 5.56 Å². The molecule has 1 aromatic heterocycles. The molecule has 0 saturated carbocycles. The molecule has 120 valence electrons. The Morgan fingerprint density at radius 3 is 2.68 bits per heavy atom. The van der Waals surface area contributed by atoms with Gasteiger partial charge in [-0.2, -0.15) is 0 Å². The van der Waals surface area contributed by atoms with Crippen LogP contribution in [0.4, 0.5) is 0 Å². The van der Waals surface area contributed by atoms with Gasteiger partial charge in [-0.1, -0.05) is 43.5 Å². The zero-order valence-corrected chi connectivity index (χ0v) is 15.6. The molecule has 2 aromatic rings. The van der Waals surface area contributed by atoms with Crippen molar-refractivity contribution in [1.82, 2.24) is 9.55 Å². The van der Waals surface area contributed by atoms with Gasteiger partial charge < -0.3 is 4.74 Å². The molecule has 6 heteroatoms. The van der Waals surface area contributed by atoms with Gasteiger partial charge in [0, 0.05) is 20.3 Å². The summed E-state index contributed by atoms with van der Waals surface area (Å²) in [4.78, 5) is 17.5. The van der Waals surface area contributed by atoms with Gasteiger partial charge >= 0.3 is 0 Å². The summed E-state index contributed by atoms with van der Waals surface area (Å²) in [5.41, 5.74) is 0.841. The maximum absolute atomic E-state index is 12.7. The molecular weight excluding hydrogens is 312 g/mol. The molecule has 0 spiro atoms. The van der Waals surface area contributed by atoms with Crippen LogP contribution < -0.4 is 5.56 Å². The fraction of sp³-hybridized carbons (Fsp3) is 0.500. The number of benzene rings is 1. The van der Waals surface area contributed by atoms with E-state index in [1.165, 1.54) is 0 Å². The Morgan fingerprint density at radius 2 is 2.00 bits per heavy atom. The highest BCUT2D eigenvalue weighted by Gasteiger charge is 2.17. The number of hydrogen-bond donors (Lipinski definition) is 0. The van der Waals surface area contributed by atoms with Crippen LogP contribution in [0.15, 0.2) is 34.2 Å². The third-order valence-corrected chi connectivity index (χ3v) is 7.80. The third-order valence-electron chi connectivity index (χ3n) is 3.19. The second kappa shape index (κ2) is 7.44. The molecule has 0 unspecified atom stereocenters. The number of ether oxygens (including phenoxy) is 1. The molecule has 0 aliphatic rings. The summed E-state index contributed by atoms with van der Waals surface area (Å²) in [6.45, 7) is 8.28. The second-order valence-electron chi connectivity index (χ2n) is 6.56. The number of thioether (sulfide) groups is 1. The summed E-state index contributed by atoms with van der Waals surface area (Å²) in [5, 5.41) is 2.58. The Hall–Kier alpha value is -1.11. The lowest BCUT2D eigenvalue weighted by molar-refractivity contribution is 0.189. The lowest BCUT2D eigenvalue weighted by Gasteiger charge is -2.17. The molecule has 1 heterocycles. The van der Waals surface area contributed by atoms with Crippen LogP contribution >= 0.6 is 11.8 Å². The van der Waals surface area contributed by atoms with Gasteiger partial charge in [0.1, 0.15) is 0 Å². The first-order chi connectivity index (χ1) is 10.4. The summed E-state index contributed by atoms with van der Waals surface area (Å²) in [6.07, 6.45) is 0.816. The van der Waals surface area contributed by atoms with Gasteiger partial charge in [0.05, 0.1) is 19.0 Å². The molecule has 2 rings (SSSR count). The van der Waals surface area contributed by atoms with Gasteiger partial charge in [-0.3, -0.25) is 9.36 Å². The smallest absolute Gasteiger partial charge is 0.262 e. The van der Waals surface area contributed by atoms with Gasteiger partial charge in [0.15, 0.2) is 5.16 Å². The number of nitrogens with zero attached hydrogens (tertiary/aromatic N) is 2. The zero-order valence-electron chi connectivity index (χ0n) is 13.8. The highest BCUT2D eigenvalue weighted by atomic mass is 32.2. The number of para-hydroxylation sites is 1. The number of aromatic nitrogens is 2. The van der Waals surface area contributed by atoms with E-state index >= 15 is 0 Å². The largest absolute Gasteiger partial charge is 0.385 e. The van der Waals surface area contributed by atoms with Crippen LogP contribution in [0.1, 0.15) is 6.42 Å². The Bertz CT molecular complexity index is 695. The Balaban J connectivity index is 2.41. The quantitative estimate of drug-likeness (QED) is 0.336. The highest BCUT2D eigenvalue weighted by Crippen LogP contribution is 2.21. The second-order valence-corrected chi connectivity index (χ2v) is 13.5. The molecule has 0 amide bonds. The molecule has 0 atom stereocenters. The number of hydrogen-bond acceptors (Lipinski definition) is 4. The van der Waals surface area contributed by atoms with Crippen molar-refractivity contribution in [1.29, 1.82) is 0 Å². The summed E-state index contributed by atoms with van der Waals surface area (Å²) in [5.74, 6) is 0. The van der Waals surface area contributed by atoms with E-state index in [1.807, 2.05) is 28.8 Å². The highest BCUT2D eigenvalue weighted by molar-refractivity contribution is 8.00. The predicted octanol–water partition coefficient (Wildman–Crippen LogP) is 3.40. The molecule has 0 N–H and O–H groups in total. The van der Waals surface area contributed by atoms with Crippen molar-refractivity contribution >= 4 is 30.7 Å². The normalized spacial score (nSPS) is 12.0. The van der Waals surface area contributed by atoms with Gasteiger partial charge in [0.25, 0.3) is 5.56 Å². The van der Waals surface area contributed by atoms with Crippen LogP contribution in [-0.4, -0.2) is 36.7 Å². The van der Waals surface area contributed by atoms with Crippen molar-refractivity contribution in [3.8, 4) is 0 Å². The maximum atomic E-state index is 12.7. The third kappa shape index (κ3) is 4.44. The molecule has 0 aliphatic carbocycles. The lowest BCUT2D eigenvalue weighted by Crippen LogP contribution is -2.27. The van der Waals surface area contributed by atoms with Crippen LogP contribution in [0.3, 0.4) is 0 Å². The number of rotatable bonds is 7. The minimum Gasteiger partial charge on any atom is -0.385 e. The molecule has 4 nitrogen and oxygen atoms in total. The SMILES string of the molecule is COCCCn1c(SC[Si](C)(C)C)nc2ccccc2c1=O. The van der Waals surface area contributed by atoms with E-state index in [2.05, 4.69) is 19.6 Å². The minimum absolute atomic E-state index is 0.0554. The summed E-state index contributed by atoms with van der Waals surface area (Å²) >= 11 is 1.71. The monoisotopic (exact) mass is 336 g/mol. The Kier molecular flexibility index (Phi) is 5.83. The molecule has 0 fully saturated rings. The molecule has 0 saturated heterocycles. The zero-order chi connectivity index (χ0) is 16.2. The van der Waals surface area contributed by atoms with E-state index in [4.69, 9.17) is 9.72 Å². The van der Waals surface area contributed by atoms with Gasteiger partial charge in [-0.25, -0.2) is 4.98 Å². The van der Waals surface area contributed by atoms with E-state index in [0.717, 1.165) is 22.5 Å². The van der Waals surface area contributed by atoms with Crippen molar-refractivity contribution < 1.29 is 4.74 Å². The maximum Gasteiger partial charge on any atom is 0.262 e. The van der Waals surface area contributed by atoms with Crippen LogP contribution in [0, 0.1) is 0 Å². The van der Waals surface area contributed by atoms with Crippen molar-refractivity contribution in [2.75, 3.05) is 19.1 Å². The Morgan fingerprint density at radius 1 is 1.27 bits per heavy atom. The van der Waals surface area contributed by atoms with Crippen LogP contribution in [0.2, 0.25) is 19.6 Å². The van der Waals surface area contributed by atoms with Gasteiger partial charge in [-0.15, -0.1) is 0 Å². The van der Waals surface area contributed by atoms with Crippen LogP contribution in [0.25, 0.3) is 10.9 Å². The van der Waals surface area contributed by atoms with E-state index < -0.39 is 8.07 Å². The molecule has 0 radical (unpaired) electrons. The fourth-order valence-corrected chi connectivity index (χ4v) is 4.84. The molecule has 0 aliphatic heterocycles. The molecule has 0 bridgehead atoms. The van der Waals surface area contributed by atoms with Crippen LogP contribution in [-0.2, 0) is 11.3 Å². The average molecular weight is 337 g/mol. The number of methoxy groups -OCH3 is 1. The molecular formula is C16H24N2O2SSi. The van der Waals surface area contributed by atoms with Crippen molar-refractivity contribution in [2.45, 2.75) is 37.8 Å². The first-order valence-electron chi connectivity index (χ1n) is 7.54. The first-order valence-corrected chi connectivity index (χ1v) is 12.2. The average Bonchev–Trinajstić information content (AvgIpc) is 2.47. The van der Waals surface area contributed by atoms with Crippen molar-refractivity contribution in [3.05, 3.63) is 34.6 Å². The first kappa shape index (κ1) is 17.2. The lowest BCUT2D eigenvalue weighted by atomic mass is 10.2. The predicted molar refractivity (Wildman–Crippen MR) is 96.6 cm³/mol. The topological polar surface area (TPSA) is 44.1 Å². The fourth-order valence-electron chi connectivity index (χ4n) is 2.10. The van der Waals surface area contributed by atoms with Crippen molar-refractivity contribution in [3.63, 3.8) is 0 Å². The standard InChI is InChI=1S/C16H24N2O2SSi/c1-20-11-7-10-18-15(19)13-8-5-6-9-14(13)17-16(18)21-12-22(2,3)4/h5-6,8-9H,7,10-12H2,1-4H3. The minimum atomic E-state index is -1.20. The van der Waals surface area contributed by atoms with Gasteiger partial charge in [0.2, 0.25) is 0 Å². The molecule has 22 heavy (non-hydrogen) atoms.